The highest BCUT2D eigenvalue weighted by Crippen LogP contribution is 2.25. The smallest absolute Gasteiger partial charge is 0.163 e. The molecule has 1 atom stereocenters. The van der Waals surface area contributed by atoms with Crippen molar-refractivity contribution in [2.75, 3.05) is 7.11 Å². The zero-order valence-electron chi connectivity index (χ0n) is 10.6. The van der Waals surface area contributed by atoms with Crippen molar-refractivity contribution in [1.29, 1.82) is 0 Å². The van der Waals surface area contributed by atoms with Gasteiger partial charge in [0.15, 0.2) is 5.78 Å². The van der Waals surface area contributed by atoms with Crippen LogP contribution >= 0.6 is 0 Å². The van der Waals surface area contributed by atoms with Crippen LogP contribution < -0.4 is 4.74 Å². The van der Waals surface area contributed by atoms with Crippen LogP contribution in [0.4, 0.5) is 0 Å². The van der Waals surface area contributed by atoms with Gasteiger partial charge in [-0.1, -0.05) is 18.6 Å². The van der Waals surface area contributed by atoms with Gasteiger partial charge in [0.2, 0.25) is 0 Å². The van der Waals surface area contributed by atoms with Crippen LogP contribution in [0.5, 0.6) is 5.75 Å². The van der Waals surface area contributed by atoms with E-state index >= 15 is 0 Å². The van der Waals surface area contributed by atoms with Crippen molar-refractivity contribution in [3.05, 3.63) is 29.8 Å². The first-order valence-electron chi connectivity index (χ1n) is 6.40. The predicted octanol–water partition coefficient (Wildman–Crippen LogP) is 3.03. The average Bonchev–Trinajstić information content (AvgIpc) is 2.41. The number of ketones is 2. The lowest BCUT2D eigenvalue weighted by molar-refractivity contribution is -0.124. The molecule has 0 bridgehead atoms. The summed E-state index contributed by atoms with van der Waals surface area (Å²) in [5, 5.41) is 0. The molecule has 1 aromatic rings. The number of rotatable bonds is 4. The zero-order valence-corrected chi connectivity index (χ0v) is 10.6. The Morgan fingerprint density at radius 3 is 2.94 bits per heavy atom. The molecule has 1 unspecified atom stereocenters. The Hall–Kier alpha value is -1.64. The summed E-state index contributed by atoms with van der Waals surface area (Å²) in [4.78, 5) is 23.8. The number of benzene rings is 1. The molecule has 1 aliphatic carbocycles. The summed E-state index contributed by atoms with van der Waals surface area (Å²) in [6.07, 6.45) is 3.86. The second-order valence-electron chi connectivity index (χ2n) is 4.77. The molecular weight excluding hydrogens is 228 g/mol. The van der Waals surface area contributed by atoms with Crippen LogP contribution in [0.25, 0.3) is 0 Å². The zero-order chi connectivity index (χ0) is 13.0. The van der Waals surface area contributed by atoms with E-state index < -0.39 is 0 Å². The first-order chi connectivity index (χ1) is 8.70. The summed E-state index contributed by atoms with van der Waals surface area (Å²) in [7, 11) is 1.58. The van der Waals surface area contributed by atoms with Crippen molar-refractivity contribution in [2.24, 2.45) is 5.92 Å². The van der Waals surface area contributed by atoms with Crippen LogP contribution in [0.15, 0.2) is 24.3 Å². The molecule has 2 rings (SSSR count). The van der Waals surface area contributed by atoms with E-state index in [4.69, 9.17) is 4.74 Å². The predicted molar refractivity (Wildman–Crippen MR) is 68.9 cm³/mol. The summed E-state index contributed by atoms with van der Waals surface area (Å²) < 4.78 is 5.10. The normalized spacial score (nSPS) is 19.6. The van der Waals surface area contributed by atoms with Crippen LogP contribution in [0.2, 0.25) is 0 Å². The SMILES string of the molecule is COc1cccc(C(=O)CC2CCCCC2=O)c1. The molecule has 0 radical (unpaired) electrons. The molecule has 0 amide bonds. The van der Waals surface area contributed by atoms with Gasteiger partial charge in [-0.2, -0.15) is 0 Å². The molecule has 0 aliphatic heterocycles. The summed E-state index contributed by atoms with van der Waals surface area (Å²) in [5.74, 6) is 0.889. The molecule has 0 aromatic heterocycles. The number of carbonyl (C=O) groups is 2. The minimum absolute atomic E-state index is 0.0363. The summed E-state index contributed by atoms with van der Waals surface area (Å²) >= 11 is 0. The molecule has 96 valence electrons. The summed E-state index contributed by atoms with van der Waals surface area (Å²) in [6.45, 7) is 0. The standard InChI is InChI=1S/C15H18O3/c1-18-13-7-4-6-11(9-13)15(17)10-12-5-2-3-8-14(12)16/h4,6-7,9,12H,2-3,5,8,10H2,1H3. The lowest BCUT2D eigenvalue weighted by Gasteiger charge is -2.19. The Bertz CT molecular complexity index is 451. The van der Waals surface area contributed by atoms with Crippen LogP contribution in [0.3, 0.4) is 0 Å². The Morgan fingerprint density at radius 2 is 2.22 bits per heavy atom. The van der Waals surface area contributed by atoms with E-state index in [1.54, 1.807) is 25.3 Å². The van der Waals surface area contributed by atoms with E-state index in [9.17, 15) is 9.59 Å². The molecule has 0 heterocycles. The van der Waals surface area contributed by atoms with E-state index in [-0.39, 0.29) is 17.5 Å². The van der Waals surface area contributed by atoms with Gasteiger partial charge in [0, 0.05) is 24.3 Å². The summed E-state index contributed by atoms with van der Waals surface area (Å²) in [5.41, 5.74) is 0.632. The second kappa shape index (κ2) is 5.80. The fraction of sp³-hybridized carbons (Fsp3) is 0.467. The molecule has 1 fully saturated rings. The third-order valence-electron chi connectivity index (χ3n) is 3.50. The molecule has 0 saturated heterocycles. The summed E-state index contributed by atoms with van der Waals surface area (Å²) in [6, 6.07) is 7.12. The largest absolute Gasteiger partial charge is 0.497 e. The van der Waals surface area contributed by atoms with E-state index in [1.165, 1.54) is 0 Å². The van der Waals surface area contributed by atoms with E-state index in [0.29, 0.717) is 24.2 Å². The van der Waals surface area contributed by atoms with Crippen LogP contribution in [-0.4, -0.2) is 18.7 Å². The van der Waals surface area contributed by atoms with E-state index in [0.717, 1.165) is 19.3 Å². The van der Waals surface area contributed by atoms with Gasteiger partial charge in [0.05, 0.1) is 7.11 Å². The van der Waals surface area contributed by atoms with Crippen molar-refractivity contribution in [2.45, 2.75) is 32.1 Å². The maximum absolute atomic E-state index is 12.1. The van der Waals surface area contributed by atoms with E-state index in [2.05, 4.69) is 0 Å². The second-order valence-corrected chi connectivity index (χ2v) is 4.77. The molecular formula is C15H18O3. The number of Topliss-reactive ketones (excluding diaryl/α,β-unsaturated/α-hetero) is 2. The minimum Gasteiger partial charge on any atom is -0.497 e. The number of ether oxygens (including phenoxy) is 1. The molecule has 18 heavy (non-hydrogen) atoms. The number of hydrogen-bond donors (Lipinski definition) is 0. The van der Waals surface area contributed by atoms with E-state index in [1.807, 2.05) is 6.07 Å². The van der Waals surface area contributed by atoms with Crippen molar-refractivity contribution in [3.8, 4) is 5.75 Å². The van der Waals surface area contributed by atoms with Gasteiger partial charge in [-0.3, -0.25) is 9.59 Å². The topological polar surface area (TPSA) is 43.4 Å². The van der Waals surface area contributed by atoms with Gasteiger partial charge < -0.3 is 4.74 Å². The van der Waals surface area contributed by atoms with Gasteiger partial charge in [-0.25, -0.2) is 0 Å². The van der Waals surface area contributed by atoms with Crippen LogP contribution in [0, 0.1) is 5.92 Å². The number of hydrogen-bond acceptors (Lipinski definition) is 3. The van der Waals surface area contributed by atoms with Gasteiger partial charge in [-0.05, 0) is 25.0 Å². The molecule has 0 N–H and O–H groups in total. The third-order valence-corrected chi connectivity index (χ3v) is 3.50. The van der Waals surface area contributed by atoms with Crippen molar-refractivity contribution in [1.82, 2.24) is 0 Å². The van der Waals surface area contributed by atoms with Crippen LogP contribution in [-0.2, 0) is 4.79 Å². The van der Waals surface area contributed by atoms with Gasteiger partial charge in [-0.15, -0.1) is 0 Å². The number of methoxy groups -OCH3 is 1. The Kier molecular flexibility index (Phi) is 4.13. The molecule has 1 saturated carbocycles. The number of carbonyl (C=O) groups excluding carboxylic acids is 2. The molecule has 3 nitrogen and oxygen atoms in total. The monoisotopic (exact) mass is 246 g/mol. The van der Waals surface area contributed by atoms with Crippen molar-refractivity contribution in [3.63, 3.8) is 0 Å². The maximum atomic E-state index is 12.1. The molecule has 1 aliphatic rings. The molecule has 3 heteroatoms. The Morgan fingerprint density at radius 1 is 1.39 bits per heavy atom. The molecule has 1 aromatic carbocycles. The highest BCUT2D eigenvalue weighted by Gasteiger charge is 2.25. The first kappa shape index (κ1) is 12.8. The Balaban J connectivity index is 2.04. The first-order valence-corrected chi connectivity index (χ1v) is 6.40. The average molecular weight is 246 g/mol. The highest BCUT2D eigenvalue weighted by molar-refractivity contribution is 5.99. The highest BCUT2D eigenvalue weighted by atomic mass is 16.5. The third kappa shape index (κ3) is 2.97. The van der Waals surface area contributed by atoms with Gasteiger partial charge >= 0.3 is 0 Å². The Labute approximate surface area is 107 Å². The van der Waals surface area contributed by atoms with Crippen LogP contribution in [0.1, 0.15) is 42.5 Å². The van der Waals surface area contributed by atoms with Gasteiger partial charge in [0.25, 0.3) is 0 Å². The minimum atomic E-state index is -0.0718. The van der Waals surface area contributed by atoms with Crippen molar-refractivity contribution < 1.29 is 14.3 Å². The lowest BCUT2D eigenvalue weighted by atomic mass is 9.83. The lowest BCUT2D eigenvalue weighted by Crippen LogP contribution is -2.22. The quantitative estimate of drug-likeness (QED) is 0.767. The van der Waals surface area contributed by atoms with Gasteiger partial charge in [0.1, 0.15) is 11.5 Å². The molecule has 0 spiro atoms. The fourth-order valence-electron chi connectivity index (χ4n) is 2.41. The fourth-order valence-corrected chi connectivity index (χ4v) is 2.41. The maximum Gasteiger partial charge on any atom is 0.163 e. The van der Waals surface area contributed by atoms with Crippen molar-refractivity contribution >= 4 is 11.6 Å².